The fourth-order valence-electron chi connectivity index (χ4n) is 2.08. The third-order valence-electron chi connectivity index (χ3n) is 3.41. The first-order valence-electron chi connectivity index (χ1n) is 6.54. The lowest BCUT2D eigenvalue weighted by atomic mass is 10.2. The van der Waals surface area contributed by atoms with E-state index >= 15 is 0 Å². The number of hydrogen-bond donors (Lipinski definition) is 1. The average molecular weight is 296 g/mol. The lowest BCUT2D eigenvalue weighted by Crippen LogP contribution is -2.50. The van der Waals surface area contributed by atoms with Gasteiger partial charge in [0.25, 0.3) is 5.91 Å². The zero-order chi connectivity index (χ0) is 14.7. The Balaban J connectivity index is 1.87. The number of nitrogen functional groups attached to an aromatic ring is 1. The number of likely N-dealkylation sites (N-methyl/N-ethyl adjacent to an activating group) is 1. The van der Waals surface area contributed by atoms with Crippen molar-refractivity contribution in [2.45, 2.75) is 0 Å². The molecular formula is C13H20N4O2S. The number of carbonyl (C=O) groups excluding carboxylic acids is 2. The summed E-state index contributed by atoms with van der Waals surface area (Å²) in [5.41, 5.74) is 6.32. The molecular weight excluding hydrogens is 276 g/mol. The van der Waals surface area contributed by atoms with Crippen molar-refractivity contribution >= 4 is 28.8 Å². The van der Waals surface area contributed by atoms with Gasteiger partial charge in [-0.2, -0.15) is 0 Å². The van der Waals surface area contributed by atoms with Crippen molar-refractivity contribution in [2.24, 2.45) is 0 Å². The quantitative estimate of drug-likeness (QED) is 0.863. The molecule has 0 spiro atoms. The number of carbonyl (C=O) groups is 2. The van der Waals surface area contributed by atoms with Gasteiger partial charge in [0.1, 0.15) is 4.88 Å². The van der Waals surface area contributed by atoms with Crippen molar-refractivity contribution in [3.8, 4) is 0 Å². The van der Waals surface area contributed by atoms with Gasteiger partial charge in [0, 0.05) is 40.3 Å². The molecule has 1 aliphatic rings. The lowest BCUT2D eigenvalue weighted by Gasteiger charge is -2.34. The first-order valence-corrected chi connectivity index (χ1v) is 7.41. The number of thiophene rings is 1. The molecule has 20 heavy (non-hydrogen) atoms. The van der Waals surface area contributed by atoms with Gasteiger partial charge in [-0.25, -0.2) is 0 Å². The Morgan fingerprint density at radius 2 is 1.95 bits per heavy atom. The molecule has 2 N–H and O–H groups in total. The van der Waals surface area contributed by atoms with Crippen molar-refractivity contribution < 1.29 is 9.59 Å². The highest BCUT2D eigenvalue weighted by molar-refractivity contribution is 7.12. The van der Waals surface area contributed by atoms with Crippen LogP contribution in [0.25, 0.3) is 0 Å². The number of amides is 2. The molecule has 0 atom stereocenters. The van der Waals surface area contributed by atoms with Crippen LogP contribution in [0.5, 0.6) is 0 Å². The molecule has 2 heterocycles. The summed E-state index contributed by atoms with van der Waals surface area (Å²) in [6.45, 7) is 3.12. The van der Waals surface area contributed by atoms with E-state index in [9.17, 15) is 9.59 Å². The van der Waals surface area contributed by atoms with E-state index in [1.165, 1.54) is 11.3 Å². The van der Waals surface area contributed by atoms with E-state index in [1.807, 2.05) is 5.38 Å². The molecule has 7 heteroatoms. The molecule has 0 unspecified atom stereocenters. The Morgan fingerprint density at radius 1 is 1.30 bits per heavy atom. The molecule has 6 nitrogen and oxygen atoms in total. The number of piperazine rings is 1. The van der Waals surface area contributed by atoms with Crippen LogP contribution >= 0.6 is 11.3 Å². The van der Waals surface area contributed by atoms with E-state index in [-0.39, 0.29) is 11.8 Å². The van der Waals surface area contributed by atoms with Crippen molar-refractivity contribution in [1.29, 1.82) is 0 Å². The van der Waals surface area contributed by atoms with Gasteiger partial charge in [0.05, 0.1) is 12.2 Å². The van der Waals surface area contributed by atoms with E-state index in [1.54, 1.807) is 30.0 Å². The SMILES string of the molecule is CN(C)C(=O)CN1CCN(C(=O)c2sccc2N)CC1. The Labute approximate surface area is 122 Å². The number of hydrogen-bond acceptors (Lipinski definition) is 5. The van der Waals surface area contributed by atoms with Crippen LogP contribution in [-0.4, -0.2) is 73.3 Å². The Hall–Kier alpha value is -1.60. The van der Waals surface area contributed by atoms with Crippen LogP contribution in [0.1, 0.15) is 9.67 Å². The largest absolute Gasteiger partial charge is 0.397 e. The summed E-state index contributed by atoms with van der Waals surface area (Å²) in [7, 11) is 3.50. The predicted molar refractivity (Wildman–Crippen MR) is 79.8 cm³/mol. The van der Waals surface area contributed by atoms with Gasteiger partial charge in [0.15, 0.2) is 0 Å². The van der Waals surface area contributed by atoms with Gasteiger partial charge < -0.3 is 15.5 Å². The van der Waals surface area contributed by atoms with Crippen LogP contribution in [0.2, 0.25) is 0 Å². The maximum absolute atomic E-state index is 12.3. The third-order valence-corrected chi connectivity index (χ3v) is 4.33. The maximum Gasteiger partial charge on any atom is 0.266 e. The van der Waals surface area contributed by atoms with E-state index in [0.717, 1.165) is 13.1 Å². The molecule has 0 aromatic carbocycles. The highest BCUT2D eigenvalue weighted by Gasteiger charge is 2.25. The minimum Gasteiger partial charge on any atom is -0.397 e. The summed E-state index contributed by atoms with van der Waals surface area (Å²) in [6.07, 6.45) is 0. The molecule has 1 fully saturated rings. The average Bonchev–Trinajstić information content (AvgIpc) is 2.85. The molecule has 1 aromatic rings. The molecule has 2 rings (SSSR count). The molecule has 0 bridgehead atoms. The zero-order valence-electron chi connectivity index (χ0n) is 11.8. The molecule has 0 saturated carbocycles. The van der Waals surface area contributed by atoms with Crippen molar-refractivity contribution in [3.63, 3.8) is 0 Å². The summed E-state index contributed by atoms with van der Waals surface area (Å²) in [5, 5.41) is 1.83. The molecule has 0 aliphatic carbocycles. The Kier molecular flexibility index (Phi) is 4.61. The second kappa shape index (κ2) is 6.23. The maximum atomic E-state index is 12.3. The molecule has 110 valence electrons. The first-order chi connectivity index (χ1) is 9.49. The van der Waals surface area contributed by atoms with Crippen LogP contribution < -0.4 is 5.73 Å². The van der Waals surface area contributed by atoms with Crippen LogP contribution in [-0.2, 0) is 4.79 Å². The topological polar surface area (TPSA) is 69.9 Å². The van der Waals surface area contributed by atoms with Crippen molar-refractivity contribution in [3.05, 3.63) is 16.3 Å². The second-order valence-corrected chi connectivity index (χ2v) is 5.98. The minimum atomic E-state index is -0.00362. The smallest absolute Gasteiger partial charge is 0.266 e. The van der Waals surface area contributed by atoms with Crippen LogP contribution in [0.15, 0.2) is 11.4 Å². The summed E-state index contributed by atoms with van der Waals surface area (Å²) in [5.74, 6) is 0.0864. The van der Waals surface area contributed by atoms with Crippen molar-refractivity contribution in [1.82, 2.24) is 14.7 Å². The van der Waals surface area contributed by atoms with Gasteiger partial charge in [-0.15, -0.1) is 11.3 Å². The monoisotopic (exact) mass is 296 g/mol. The predicted octanol–water partition coefficient (Wildman–Crippen LogP) is 0.176. The van der Waals surface area contributed by atoms with Gasteiger partial charge in [-0.1, -0.05) is 0 Å². The highest BCUT2D eigenvalue weighted by Crippen LogP contribution is 2.21. The number of rotatable bonds is 3. The molecule has 0 radical (unpaired) electrons. The van der Waals surface area contributed by atoms with Gasteiger partial charge in [-0.05, 0) is 11.4 Å². The Bertz CT molecular complexity index is 492. The second-order valence-electron chi connectivity index (χ2n) is 5.06. The Morgan fingerprint density at radius 3 is 2.45 bits per heavy atom. The molecule has 1 saturated heterocycles. The molecule has 2 amide bonds. The lowest BCUT2D eigenvalue weighted by molar-refractivity contribution is -0.130. The van der Waals surface area contributed by atoms with Gasteiger partial charge in [0.2, 0.25) is 5.91 Å². The normalized spacial score (nSPS) is 16.2. The fraction of sp³-hybridized carbons (Fsp3) is 0.538. The third kappa shape index (κ3) is 3.29. The summed E-state index contributed by atoms with van der Waals surface area (Å²) >= 11 is 1.38. The van der Waals surface area contributed by atoms with Crippen LogP contribution in [0.3, 0.4) is 0 Å². The highest BCUT2D eigenvalue weighted by atomic mass is 32.1. The van der Waals surface area contributed by atoms with Gasteiger partial charge >= 0.3 is 0 Å². The minimum absolute atomic E-state index is 0.00362. The van der Waals surface area contributed by atoms with Crippen molar-refractivity contribution in [2.75, 3.05) is 52.6 Å². The standard InChI is InChI=1S/C13H20N4O2S/c1-15(2)11(18)9-16-4-6-17(7-5-16)13(19)12-10(14)3-8-20-12/h3,8H,4-7,9,14H2,1-2H3. The van der Waals surface area contributed by atoms with E-state index in [2.05, 4.69) is 4.90 Å². The van der Waals surface area contributed by atoms with E-state index in [4.69, 9.17) is 5.73 Å². The number of nitrogens with two attached hydrogens (primary N) is 1. The summed E-state index contributed by atoms with van der Waals surface area (Å²) in [4.78, 5) is 30.0. The molecule has 1 aromatic heterocycles. The number of anilines is 1. The summed E-state index contributed by atoms with van der Waals surface area (Å²) in [6, 6.07) is 1.75. The van der Waals surface area contributed by atoms with Crippen LogP contribution in [0.4, 0.5) is 5.69 Å². The fourth-order valence-corrected chi connectivity index (χ4v) is 2.86. The van der Waals surface area contributed by atoms with E-state index < -0.39 is 0 Å². The van der Waals surface area contributed by atoms with E-state index in [0.29, 0.717) is 30.2 Å². The molecule has 1 aliphatic heterocycles. The number of nitrogens with zero attached hydrogens (tertiary/aromatic N) is 3. The zero-order valence-corrected chi connectivity index (χ0v) is 12.7. The first kappa shape index (κ1) is 14.8. The summed E-state index contributed by atoms with van der Waals surface area (Å²) < 4.78 is 0. The van der Waals surface area contributed by atoms with Gasteiger partial charge in [-0.3, -0.25) is 14.5 Å². The van der Waals surface area contributed by atoms with Crippen LogP contribution in [0, 0.1) is 0 Å².